The van der Waals surface area contributed by atoms with Crippen LogP contribution in [0.15, 0.2) is 36.4 Å². The summed E-state index contributed by atoms with van der Waals surface area (Å²) in [5.41, 5.74) is 0.824. The first kappa shape index (κ1) is 16.5. The number of carbonyl (C=O) groups is 2. The molecule has 2 aromatic carbocycles. The molecule has 134 valence electrons. The van der Waals surface area contributed by atoms with Crippen molar-refractivity contribution in [3.05, 3.63) is 41.4 Å². The maximum Gasteiger partial charge on any atom is 0.269 e. The van der Waals surface area contributed by atoms with Crippen LogP contribution in [0, 0.1) is 0 Å². The van der Waals surface area contributed by atoms with E-state index in [-0.39, 0.29) is 17.5 Å². The second-order valence-corrected chi connectivity index (χ2v) is 6.37. The molecule has 2 aliphatic rings. The standard InChI is InChI=1S/C18H15ClN2O5/c1-9-17(26-14-5-3-2-4-13(14)25-9)18(23)21-11-7-15-12(6-10(11)19)20-16(22)8-24-15/h2-7,9,17H,8H2,1H3,(H,20,22)(H,21,23)/t9-,17+/m1/s1. The third-order valence-corrected chi connectivity index (χ3v) is 4.37. The molecule has 2 amide bonds. The first-order valence-electron chi connectivity index (χ1n) is 8.00. The number of fused-ring (bicyclic) bond motifs is 2. The largest absolute Gasteiger partial charge is 0.482 e. The van der Waals surface area contributed by atoms with Crippen LogP contribution >= 0.6 is 11.6 Å². The Kier molecular flexibility index (Phi) is 4.08. The number of carbonyl (C=O) groups excluding carboxylic acids is 2. The SMILES string of the molecule is C[C@H]1Oc2ccccc2O[C@@H]1C(=O)Nc1cc2c(cc1Cl)NC(=O)CO2. The molecule has 8 heteroatoms. The van der Waals surface area contributed by atoms with Crippen molar-refractivity contribution in [2.24, 2.45) is 0 Å². The van der Waals surface area contributed by atoms with E-state index in [1.807, 2.05) is 6.07 Å². The number of benzene rings is 2. The summed E-state index contributed by atoms with van der Waals surface area (Å²) in [7, 11) is 0. The lowest BCUT2D eigenvalue weighted by atomic mass is 10.1. The topological polar surface area (TPSA) is 85.9 Å². The number of halogens is 1. The Hall–Kier alpha value is -2.93. The second-order valence-electron chi connectivity index (χ2n) is 5.96. The summed E-state index contributed by atoms with van der Waals surface area (Å²) in [5, 5.41) is 5.66. The van der Waals surface area contributed by atoms with Gasteiger partial charge in [0.15, 0.2) is 18.1 Å². The van der Waals surface area contributed by atoms with Crippen molar-refractivity contribution < 1.29 is 23.8 Å². The van der Waals surface area contributed by atoms with Crippen LogP contribution in [-0.2, 0) is 9.59 Å². The van der Waals surface area contributed by atoms with Crippen LogP contribution in [0.25, 0.3) is 0 Å². The summed E-state index contributed by atoms with van der Waals surface area (Å²) in [6.07, 6.45) is -1.31. The van der Waals surface area contributed by atoms with E-state index in [1.54, 1.807) is 31.2 Å². The average Bonchev–Trinajstić information content (AvgIpc) is 2.62. The summed E-state index contributed by atoms with van der Waals surface area (Å²) >= 11 is 6.22. The zero-order chi connectivity index (χ0) is 18.3. The Balaban J connectivity index is 1.54. The highest BCUT2D eigenvalue weighted by Crippen LogP contribution is 2.37. The Morgan fingerprint density at radius 3 is 2.69 bits per heavy atom. The smallest absolute Gasteiger partial charge is 0.269 e. The van der Waals surface area contributed by atoms with Crippen molar-refractivity contribution in [3.63, 3.8) is 0 Å². The Morgan fingerprint density at radius 2 is 1.92 bits per heavy atom. The highest BCUT2D eigenvalue weighted by atomic mass is 35.5. The molecular formula is C18H15ClN2O5. The third-order valence-electron chi connectivity index (χ3n) is 4.06. The molecule has 0 unspecified atom stereocenters. The Bertz CT molecular complexity index is 901. The molecule has 0 bridgehead atoms. The highest BCUT2D eigenvalue weighted by molar-refractivity contribution is 6.34. The van der Waals surface area contributed by atoms with Gasteiger partial charge in [-0.25, -0.2) is 0 Å². The molecule has 26 heavy (non-hydrogen) atoms. The Morgan fingerprint density at radius 1 is 1.19 bits per heavy atom. The third kappa shape index (κ3) is 3.01. The molecule has 0 radical (unpaired) electrons. The number of para-hydroxylation sites is 2. The number of amides is 2. The van der Waals surface area contributed by atoms with Gasteiger partial charge in [-0.15, -0.1) is 0 Å². The lowest BCUT2D eigenvalue weighted by Crippen LogP contribution is -2.46. The number of ether oxygens (including phenoxy) is 3. The van der Waals surface area contributed by atoms with E-state index in [0.717, 1.165) is 0 Å². The number of hydrogen-bond donors (Lipinski definition) is 2. The molecule has 2 heterocycles. The molecule has 2 aliphatic heterocycles. The molecule has 2 aromatic rings. The van der Waals surface area contributed by atoms with E-state index in [9.17, 15) is 9.59 Å². The number of anilines is 2. The van der Waals surface area contributed by atoms with Crippen molar-refractivity contribution >= 4 is 34.8 Å². The molecule has 4 rings (SSSR count). The van der Waals surface area contributed by atoms with E-state index in [0.29, 0.717) is 28.6 Å². The van der Waals surface area contributed by atoms with E-state index in [4.69, 9.17) is 25.8 Å². The molecule has 0 aliphatic carbocycles. The predicted octanol–water partition coefficient (Wildman–Crippen LogP) is 2.84. The predicted molar refractivity (Wildman–Crippen MR) is 95.2 cm³/mol. The average molecular weight is 375 g/mol. The van der Waals surface area contributed by atoms with Crippen molar-refractivity contribution in [1.29, 1.82) is 0 Å². The summed E-state index contributed by atoms with van der Waals surface area (Å²) in [6, 6.07) is 10.3. The summed E-state index contributed by atoms with van der Waals surface area (Å²) in [5.74, 6) is 0.885. The first-order chi connectivity index (χ1) is 12.5. The zero-order valence-electron chi connectivity index (χ0n) is 13.7. The van der Waals surface area contributed by atoms with Gasteiger partial charge in [-0.1, -0.05) is 23.7 Å². The van der Waals surface area contributed by atoms with Crippen LogP contribution in [0.5, 0.6) is 17.2 Å². The van der Waals surface area contributed by atoms with Gasteiger partial charge >= 0.3 is 0 Å². The maximum atomic E-state index is 12.7. The van der Waals surface area contributed by atoms with Crippen LogP contribution in [0.4, 0.5) is 11.4 Å². The summed E-state index contributed by atoms with van der Waals surface area (Å²) in [4.78, 5) is 24.0. The van der Waals surface area contributed by atoms with Gasteiger partial charge in [0.2, 0.25) is 6.10 Å². The van der Waals surface area contributed by atoms with Crippen LogP contribution < -0.4 is 24.8 Å². The monoisotopic (exact) mass is 374 g/mol. The van der Waals surface area contributed by atoms with Crippen molar-refractivity contribution in [2.75, 3.05) is 17.2 Å². The first-order valence-corrected chi connectivity index (χ1v) is 8.38. The maximum absolute atomic E-state index is 12.7. The van der Waals surface area contributed by atoms with Gasteiger partial charge in [-0.2, -0.15) is 0 Å². The molecule has 0 saturated carbocycles. The molecule has 0 aromatic heterocycles. The van der Waals surface area contributed by atoms with E-state index in [1.165, 1.54) is 6.07 Å². The minimum atomic E-state index is -0.836. The van der Waals surface area contributed by atoms with Gasteiger partial charge in [-0.3, -0.25) is 9.59 Å². The number of hydrogen-bond acceptors (Lipinski definition) is 5. The molecule has 0 saturated heterocycles. The fourth-order valence-corrected chi connectivity index (χ4v) is 3.02. The second kappa shape index (κ2) is 6.42. The van der Waals surface area contributed by atoms with Gasteiger partial charge < -0.3 is 24.8 Å². The van der Waals surface area contributed by atoms with Crippen molar-refractivity contribution in [1.82, 2.24) is 0 Å². The van der Waals surface area contributed by atoms with Gasteiger partial charge in [0, 0.05) is 6.07 Å². The lowest BCUT2D eigenvalue weighted by molar-refractivity contribution is -0.128. The number of rotatable bonds is 2. The molecule has 0 spiro atoms. The summed E-state index contributed by atoms with van der Waals surface area (Å²) in [6.45, 7) is 1.67. The molecule has 7 nitrogen and oxygen atoms in total. The minimum absolute atomic E-state index is 0.0879. The fourth-order valence-electron chi connectivity index (χ4n) is 2.81. The lowest BCUT2D eigenvalue weighted by Gasteiger charge is -2.31. The van der Waals surface area contributed by atoms with Gasteiger partial charge in [-0.05, 0) is 25.1 Å². The van der Waals surface area contributed by atoms with Crippen molar-refractivity contribution in [2.45, 2.75) is 19.1 Å². The van der Waals surface area contributed by atoms with Crippen LogP contribution in [0.2, 0.25) is 5.02 Å². The quantitative estimate of drug-likeness (QED) is 0.844. The summed E-state index contributed by atoms with van der Waals surface area (Å²) < 4.78 is 16.9. The van der Waals surface area contributed by atoms with E-state index in [2.05, 4.69) is 10.6 Å². The van der Waals surface area contributed by atoms with E-state index >= 15 is 0 Å². The van der Waals surface area contributed by atoms with Gasteiger partial charge in [0.1, 0.15) is 11.9 Å². The zero-order valence-corrected chi connectivity index (χ0v) is 14.5. The highest BCUT2D eigenvalue weighted by Gasteiger charge is 2.34. The Labute approximate surface area is 154 Å². The molecule has 2 N–H and O–H groups in total. The minimum Gasteiger partial charge on any atom is -0.482 e. The van der Waals surface area contributed by atoms with Gasteiger partial charge in [0.25, 0.3) is 11.8 Å². The van der Waals surface area contributed by atoms with Crippen LogP contribution in [0.1, 0.15) is 6.92 Å². The normalized spacial score (nSPS) is 20.5. The van der Waals surface area contributed by atoms with Gasteiger partial charge in [0.05, 0.1) is 16.4 Å². The molecule has 0 fully saturated rings. The van der Waals surface area contributed by atoms with Crippen LogP contribution in [-0.4, -0.2) is 30.6 Å². The van der Waals surface area contributed by atoms with Crippen molar-refractivity contribution in [3.8, 4) is 17.2 Å². The number of nitrogens with one attached hydrogen (secondary N) is 2. The fraction of sp³-hybridized carbons (Fsp3) is 0.222. The molecule has 2 atom stereocenters. The van der Waals surface area contributed by atoms with E-state index < -0.39 is 18.1 Å². The van der Waals surface area contributed by atoms with Crippen LogP contribution in [0.3, 0.4) is 0 Å². The molecular weight excluding hydrogens is 360 g/mol.